The quantitative estimate of drug-likeness (QED) is 0.440. The predicted octanol–water partition coefficient (Wildman–Crippen LogP) is 3.33. The van der Waals surface area contributed by atoms with Crippen LogP contribution in [0.15, 0.2) is 12.2 Å². The predicted molar refractivity (Wildman–Crippen MR) is 67.9 cm³/mol. The molecule has 0 bridgehead atoms. The van der Waals surface area contributed by atoms with Crippen LogP contribution in [-0.4, -0.2) is 42.8 Å². The first-order chi connectivity index (χ1) is 9.74. The molecule has 22 heavy (non-hydrogen) atoms. The van der Waals surface area contributed by atoms with Gasteiger partial charge in [0.2, 0.25) is 0 Å². The molecule has 0 spiro atoms. The molecule has 0 aliphatic carbocycles. The van der Waals surface area contributed by atoms with Crippen molar-refractivity contribution in [1.29, 1.82) is 0 Å². The van der Waals surface area contributed by atoms with Gasteiger partial charge in [-0.05, 0) is 27.7 Å². The molecule has 0 aromatic carbocycles. The van der Waals surface area contributed by atoms with Crippen molar-refractivity contribution in [2.24, 2.45) is 0 Å². The summed E-state index contributed by atoms with van der Waals surface area (Å²) >= 11 is 0. The van der Waals surface area contributed by atoms with E-state index in [0.29, 0.717) is 0 Å². The molecule has 5 nitrogen and oxygen atoms in total. The van der Waals surface area contributed by atoms with Crippen molar-refractivity contribution in [3.63, 3.8) is 0 Å². The largest absolute Gasteiger partial charge is 0.509 e. The van der Waals surface area contributed by atoms with Crippen LogP contribution in [0.2, 0.25) is 0 Å². The Morgan fingerprint density at radius 3 is 1.91 bits per heavy atom. The van der Waals surface area contributed by atoms with E-state index in [1.807, 2.05) is 0 Å². The number of carbonyl (C=O) groups excluding carboxylic acids is 2. The second-order valence-corrected chi connectivity index (χ2v) is 5.55. The summed E-state index contributed by atoms with van der Waals surface area (Å²) in [6.45, 7) is 4.85. The van der Waals surface area contributed by atoms with E-state index in [0.717, 1.165) is 0 Å². The minimum atomic E-state index is -5.31. The van der Waals surface area contributed by atoms with Crippen molar-refractivity contribution in [3.8, 4) is 0 Å². The third kappa shape index (κ3) is 5.90. The summed E-state index contributed by atoms with van der Waals surface area (Å²) in [5.74, 6) is -1.17. The first-order valence-electron chi connectivity index (χ1n) is 6.11. The average Bonchev–Trinajstić information content (AvgIpc) is 2.29. The van der Waals surface area contributed by atoms with Gasteiger partial charge in [0.1, 0.15) is 18.9 Å². The lowest BCUT2D eigenvalue weighted by molar-refractivity contribution is -0.281. The Bertz CT molecular complexity index is 439. The molecule has 128 valence electrons. The molecule has 9 heteroatoms. The Labute approximate surface area is 125 Å². The SMILES string of the molecule is C=C(C)C(=O)OCC(CF)(OC(=O)OC(C)(C)C)C(F)(F)F. The van der Waals surface area contributed by atoms with Crippen molar-refractivity contribution >= 4 is 12.1 Å². The van der Waals surface area contributed by atoms with Crippen LogP contribution >= 0.6 is 0 Å². The number of hydrogen-bond donors (Lipinski definition) is 0. The van der Waals surface area contributed by atoms with Gasteiger partial charge in [0.15, 0.2) is 0 Å². The zero-order chi connectivity index (χ0) is 17.8. The summed E-state index contributed by atoms with van der Waals surface area (Å²) in [4.78, 5) is 22.6. The highest BCUT2D eigenvalue weighted by molar-refractivity contribution is 5.87. The lowest BCUT2D eigenvalue weighted by atomic mass is 10.1. The second-order valence-electron chi connectivity index (χ2n) is 5.55. The Balaban J connectivity index is 5.23. The molecule has 1 unspecified atom stereocenters. The zero-order valence-electron chi connectivity index (χ0n) is 12.7. The number of hydrogen-bond acceptors (Lipinski definition) is 5. The van der Waals surface area contributed by atoms with Crippen LogP contribution in [0.25, 0.3) is 0 Å². The normalized spacial score (nSPS) is 14.7. The molecule has 0 rings (SSSR count). The van der Waals surface area contributed by atoms with Gasteiger partial charge < -0.3 is 14.2 Å². The van der Waals surface area contributed by atoms with Crippen LogP contribution in [0, 0.1) is 0 Å². The monoisotopic (exact) mass is 330 g/mol. The molecule has 0 amide bonds. The van der Waals surface area contributed by atoms with Gasteiger partial charge >= 0.3 is 18.3 Å². The maximum atomic E-state index is 13.0. The van der Waals surface area contributed by atoms with Crippen molar-refractivity contribution in [2.75, 3.05) is 13.3 Å². The first-order valence-corrected chi connectivity index (χ1v) is 6.11. The van der Waals surface area contributed by atoms with E-state index in [9.17, 15) is 27.2 Å². The van der Waals surface area contributed by atoms with E-state index in [4.69, 9.17) is 0 Å². The van der Waals surface area contributed by atoms with E-state index >= 15 is 0 Å². The fourth-order valence-electron chi connectivity index (χ4n) is 1.05. The van der Waals surface area contributed by atoms with Gasteiger partial charge in [0.25, 0.3) is 5.60 Å². The van der Waals surface area contributed by atoms with Crippen LogP contribution in [0.4, 0.5) is 22.4 Å². The number of esters is 1. The van der Waals surface area contributed by atoms with Gasteiger partial charge in [-0.2, -0.15) is 13.2 Å². The minimum absolute atomic E-state index is 0.188. The Morgan fingerprint density at radius 1 is 1.09 bits per heavy atom. The van der Waals surface area contributed by atoms with Gasteiger partial charge in [-0.15, -0.1) is 0 Å². The number of ether oxygens (including phenoxy) is 3. The number of halogens is 4. The maximum Gasteiger partial charge on any atom is 0.509 e. The lowest BCUT2D eigenvalue weighted by Gasteiger charge is -2.32. The van der Waals surface area contributed by atoms with E-state index in [-0.39, 0.29) is 5.57 Å². The minimum Gasteiger partial charge on any atom is -0.458 e. The molecular weight excluding hydrogens is 312 g/mol. The van der Waals surface area contributed by atoms with E-state index in [2.05, 4.69) is 20.8 Å². The maximum absolute atomic E-state index is 13.0. The third-order valence-corrected chi connectivity index (χ3v) is 2.19. The first kappa shape index (κ1) is 20.2. The Kier molecular flexibility index (Phi) is 6.40. The van der Waals surface area contributed by atoms with Crippen molar-refractivity contribution in [2.45, 2.75) is 45.1 Å². The lowest BCUT2D eigenvalue weighted by Crippen LogP contribution is -2.55. The fraction of sp³-hybridized carbons (Fsp3) is 0.692. The summed E-state index contributed by atoms with van der Waals surface area (Å²) in [6.07, 6.45) is -7.04. The molecule has 0 saturated heterocycles. The fourth-order valence-corrected chi connectivity index (χ4v) is 1.05. The van der Waals surface area contributed by atoms with Crippen LogP contribution in [0.1, 0.15) is 27.7 Å². The number of alkyl halides is 4. The summed E-state index contributed by atoms with van der Waals surface area (Å²) in [6, 6.07) is 0. The van der Waals surface area contributed by atoms with Crippen LogP contribution in [0.5, 0.6) is 0 Å². The smallest absolute Gasteiger partial charge is 0.458 e. The standard InChI is InChI=1S/C13H18F4O5/c1-8(2)9(18)20-7-12(6-14,13(15,16)17)22-10(19)21-11(3,4)5/h1,6-7H2,2-5H3. The second kappa shape index (κ2) is 6.97. The van der Waals surface area contributed by atoms with Crippen LogP contribution in [-0.2, 0) is 19.0 Å². The molecule has 1 atom stereocenters. The molecule has 0 aromatic heterocycles. The number of carbonyl (C=O) groups is 2. The summed E-state index contributed by atoms with van der Waals surface area (Å²) < 4.78 is 65.0. The summed E-state index contributed by atoms with van der Waals surface area (Å²) in [5.41, 5.74) is -4.97. The molecule has 0 aromatic rings. The van der Waals surface area contributed by atoms with Crippen LogP contribution < -0.4 is 0 Å². The number of rotatable bonds is 5. The highest BCUT2D eigenvalue weighted by atomic mass is 19.4. The van der Waals surface area contributed by atoms with E-state index in [1.165, 1.54) is 27.7 Å². The third-order valence-electron chi connectivity index (χ3n) is 2.19. The summed E-state index contributed by atoms with van der Waals surface area (Å²) in [5, 5.41) is 0. The van der Waals surface area contributed by atoms with Crippen molar-refractivity contribution in [3.05, 3.63) is 12.2 Å². The zero-order valence-corrected chi connectivity index (χ0v) is 12.7. The molecule has 0 fully saturated rings. The van der Waals surface area contributed by atoms with Gasteiger partial charge in [-0.3, -0.25) is 0 Å². The van der Waals surface area contributed by atoms with Crippen molar-refractivity contribution in [1.82, 2.24) is 0 Å². The Morgan fingerprint density at radius 2 is 1.59 bits per heavy atom. The topological polar surface area (TPSA) is 61.8 Å². The highest BCUT2D eigenvalue weighted by Gasteiger charge is 2.60. The summed E-state index contributed by atoms with van der Waals surface area (Å²) in [7, 11) is 0. The molecule has 0 aliphatic heterocycles. The van der Waals surface area contributed by atoms with Gasteiger partial charge in [0.05, 0.1) is 0 Å². The molecular formula is C13H18F4O5. The molecule has 0 saturated carbocycles. The average molecular weight is 330 g/mol. The van der Waals surface area contributed by atoms with Crippen LogP contribution in [0.3, 0.4) is 0 Å². The van der Waals surface area contributed by atoms with Crippen molar-refractivity contribution < 1.29 is 41.4 Å². The van der Waals surface area contributed by atoms with Gasteiger partial charge in [0, 0.05) is 5.57 Å². The molecule has 0 aliphatic rings. The van der Waals surface area contributed by atoms with E-state index < -0.39 is 42.8 Å². The van der Waals surface area contributed by atoms with Gasteiger partial charge in [-0.1, -0.05) is 6.58 Å². The molecule has 0 N–H and O–H groups in total. The molecule has 0 heterocycles. The Hall–Kier alpha value is -1.80. The van der Waals surface area contributed by atoms with E-state index in [1.54, 1.807) is 0 Å². The molecule has 0 radical (unpaired) electrons. The highest BCUT2D eigenvalue weighted by Crippen LogP contribution is 2.35. The van der Waals surface area contributed by atoms with Gasteiger partial charge in [-0.25, -0.2) is 14.0 Å².